The lowest BCUT2D eigenvalue weighted by Crippen LogP contribution is -2.15. The highest BCUT2D eigenvalue weighted by Crippen LogP contribution is 2.39. The zero-order valence-electron chi connectivity index (χ0n) is 21.1. The van der Waals surface area contributed by atoms with Crippen LogP contribution in [0.2, 0.25) is 0 Å². The lowest BCUT2D eigenvalue weighted by atomic mass is 10.1. The van der Waals surface area contributed by atoms with Gasteiger partial charge in [-0.05, 0) is 42.0 Å². The normalized spacial score (nSPS) is 11.2. The summed E-state index contributed by atoms with van der Waals surface area (Å²) in [5, 5.41) is 11.4. The molecule has 13 heteroatoms. The third-order valence-electron chi connectivity index (χ3n) is 5.39. The molecule has 0 unspecified atom stereocenters. The molecule has 0 saturated carbocycles. The quantitative estimate of drug-likeness (QED) is 0.205. The van der Waals surface area contributed by atoms with Gasteiger partial charge in [0.1, 0.15) is 0 Å². The predicted octanol–water partition coefficient (Wildman–Crippen LogP) is 4.75. The van der Waals surface area contributed by atoms with E-state index in [2.05, 4.69) is 4.72 Å². The minimum atomic E-state index is -4.47. The smallest absolute Gasteiger partial charge is 0.312 e. The SMILES string of the molecule is COc1ccc(S(=O)(=O)Nc2c(/C=C\c3cc(OC)c(OC)c(OC)c3)ccc(OC)c2F)cc1[N+](=O)[O-]. The summed E-state index contributed by atoms with van der Waals surface area (Å²) in [6, 6.07) is 9.16. The Bertz CT molecular complexity index is 1470. The molecule has 3 aromatic carbocycles. The van der Waals surface area contributed by atoms with Crippen LogP contribution < -0.4 is 28.4 Å². The van der Waals surface area contributed by atoms with E-state index in [1.165, 1.54) is 53.8 Å². The van der Waals surface area contributed by atoms with Crippen molar-refractivity contribution in [1.29, 1.82) is 0 Å². The van der Waals surface area contributed by atoms with Gasteiger partial charge in [0.15, 0.2) is 28.8 Å². The number of sulfonamides is 1. The van der Waals surface area contributed by atoms with Crippen molar-refractivity contribution in [2.24, 2.45) is 0 Å². The van der Waals surface area contributed by atoms with Gasteiger partial charge in [-0.25, -0.2) is 12.8 Å². The highest BCUT2D eigenvalue weighted by atomic mass is 32.2. The van der Waals surface area contributed by atoms with E-state index in [0.29, 0.717) is 22.8 Å². The summed E-state index contributed by atoms with van der Waals surface area (Å²) in [5.41, 5.74) is -0.269. The molecule has 0 spiro atoms. The summed E-state index contributed by atoms with van der Waals surface area (Å²) in [6.45, 7) is 0. The predicted molar refractivity (Wildman–Crippen MR) is 138 cm³/mol. The van der Waals surface area contributed by atoms with Gasteiger partial charge in [-0.3, -0.25) is 14.8 Å². The van der Waals surface area contributed by atoms with E-state index in [1.54, 1.807) is 18.2 Å². The van der Waals surface area contributed by atoms with E-state index in [-0.39, 0.29) is 17.1 Å². The molecule has 0 fully saturated rings. The van der Waals surface area contributed by atoms with Gasteiger partial charge < -0.3 is 23.7 Å². The molecule has 0 heterocycles. The third kappa shape index (κ3) is 5.72. The van der Waals surface area contributed by atoms with Gasteiger partial charge >= 0.3 is 5.69 Å². The van der Waals surface area contributed by atoms with Gasteiger partial charge in [0.2, 0.25) is 5.75 Å². The van der Waals surface area contributed by atoms with Gasteiger partial charge in [-0.15, -0.1) is 0 Å². The van der Waals surface area contributed by atoms with Gasteiger partial charge in [-0.1, -0.05) is 12.2 Å². The van der Waals surface area contributed by atoms with Gasteiger partial charge in [0.05, 0.1) is 51.1 Å². The molecule has 11 nitrogen and oxygen atoms in total. The monoisotopic (exact) mass is 548 g/mol. The Hall–Kier alpha value is -4.52. The first kappa shape index (κ1) is 28.1. The Morgan fingerprint density at radius 1 is 0.816 bits per heavy atom. The van der Waals surface area contributed by atoms with E-state index in [1.807, 2.05) is 0 Å². The van der Waals surface area contributed by atoms with Gasteiger partial charge in [0, 0.05) is 11.6 Å². The van der Waals surface area contributed by atoms with Crippen LogP contribution in [0.25, 0.3) is 12.2 Å². The Kier molecular flexibility index (Phi) is 8.63. The van der Waals surface area contributed by atoms with Crippen LogP contribution in [0, 0.1) is 15.9 Å². The standard InChI is InChI=1S/C25H25FN2O9S/c1-33-19-11-9-17(14-18(19)28(29)30)38(31,32)27-24-16(8-10-20(34-2)23(24)26)7-6-15-12-21(35-3)25(37-5)22(13-15)36-4/h6-14,27H,1-5H3/b7-6-. The lowest BCUT2D eigenvalue weighted by molar-refractivity contribution is -0.386. The van der Waals surface area contributed by atoms with Gasteiger partial charge in [-0.2, -0.15) is 0 Å². The largest absolute Gasteiger partial charge is 0.494 e. The summed E-state index contributed by atoms with van der Waals surface area (Å²) >= 11 is 0. The number of ether oxygens (including phenoxy) is 5. The van der Waals surface area contributed by atoms with E-state index >= 15 is 4.39 Å². The average Bonchev–Trinajstić information content (AvgIpc) is 2.92. The molecule has 0 aliphatic heterocycles. The van der Waals surface area contributed by atoms with Crippen molar-refractivity contribution >= 4 is 33.6 Å². The van der Waals surface area contributed by atoms with Crippen molar-refractivity contribution in [3.8, 4) is 28.7 Å². The second-order valence-corrected chi connectivity index (χ2v) is 9.22. The van der Waals surface area contributed by atoms with Crippen molar-refractivity contribution in [2.45, 2.75) is 4.90 Å². The molecule has 0 radical (unpaired) electrons. The fraction of sp³-hybridized carbons (Fsp3) is 0.200. The summed E-state index contributed by atoms with van der Waals surface area (Å²) in [5.74, 6) is -0.177. The molecule has 0 amide bonds. The first-order valence-electron chi connectivity index (χ1n) is 10.8. The molecule has 38 heavy (non-hydrogen) atoms. The number of nitro benzene ring substituents is 1. The fourth-order valence-electron chi connectivity index (χ4n) is 3.53. The molecular formula is C25H25FN2O9S. The van der Waals surface area contributed by atoms with E-state index in [0.717, 1.165) is 18.2 Å². The second-order valence-electron chi connectivity index (χ2n) is 7.53. The minimum Gasteiger partial charge on any atom is -0.494 e. The molecule has 0 aliphatic rings. The van der Waals surface area contributed by atoms with Crippen LogP contribution in [0.5, 0.6) is 28.7 Å². The molecule has 0 atom stereocenters. The van der Waals surface area contributed by atoms with Crippen molar-refractivity contribution in [3.05, 3.63) is 69.5 Å². The van der Waals surface area contributed by atoms with Crippen LogP contribution >= 0.6 is 0 Å². The average molecular weight is 549 g/mol. The van der Waals surface area contributed by atoms with E-state index < -0.39 is 37.0 Å². The summed E-state index contributed by atoms with van der Waals surface area (Å²) < 4.78 is 69.7. The van der Waals surface area contributed by atoms with E-state index in [9.17, 15) is 18.5 Å². The van der Waals surface area contributed by atoms with Crippen LogP contribution in [0.4, 0.5) is 15.8 Å². The fourth-order valence-corrected chi connectivity index (χ4v) is 4.64. The number of methoxy groups -OCH3 is 5. The number of nitro groups is 1. The lowest BCUT2D eigenvalue weighted by Gasteiger charge is -2.15. The van der Waals surface area contributed by atoms with Gasteiger partial charge in [0.25, 0.3) is 10.0 Å². The number of hydrogen-bond donors (Lipinski definition) is 1. The first-order valence-corrected chi connectivity index (χ1v) is 12.3. The maximum atomic E-state index is 15.3. The van der Waals surface area contributed by atoms with Crippen LogP contribution in [0.15, 0.2) is 47.4 Å². The molecule has 0 aromatic heterocycles. The molecule has 3 rings (SSSR count). The molecular weight excluding hydrogens is 523 g/mol. The number of nitrogens with one attached hydrogen (secondary N) is 1. The number of nitrogens with zero attached hydrogens (tertiary/aromatic N) is 1. The van der Waals surface area contributed by atoms with Crippen LogP contribution in [-0.4, -0.2) is 48.9 Å². The van der Waals surface area contributed by atoms with Crippen molar-refractivity contribution in [3.63, 3.8) is 0 Å². The highest BCUT2D eigenvalue weighted by Gasteiger charge is 2.25. The zero-order valence-corrected chi connectivity index (χ0v) is 21.9. The molecule has 0 aliphatic carbocycles. The maximum Gasteiger partial charge on any atom is 0.312 e. The van der Waals surface area contributed by atoms with E-state index in [4.69, 9.17) is 23.7 Å². The van der Waals surface area contributed by atoms with Crippen molar-refractivity contribution < 1.29 is 41.4 Å². The molecule has 202 valence electrons. The number of hydrogen-bond acceptors (Lipinski definition) is 9. The Morgan fingerprint density at radius 3 is 1.92 bits per heavy atom. The summed E-state index contributed by atoms with van der Waals surface area (Å²) in [7, 11) is 2.35. The second kappa shape index (κ2) is 11.7. The van der Waals surface area contributed by atoms with Crippen molar-refractivity contribution in [1.82, 2.24) is 0 Å². The maximum absolute atomic E-state index is 15.3. The number of benzene rings is 3. The summed E-state index contributed by atoms with van der Waals surface area (Å²) in [6.07, 6.45) is 3.05. The number of halogens is 1. The van der Waals surface area contributed by atoms with Crippen LogP contribution in [0.3, 0.4) is 0 Å². The molecule has 3 aromatic rings. The first-order chi connectivity index (χ1) is 18.1. The topological polar surface area (TPSA) is 135 Å². The Balaban J connectivity index is 2.09. The number of rotatable bonds is 11. The molecule has 1 N–H and O–H groups in total. The Morgan fingerprint density at radius 2 is 1.39 bits per heavy atom. The third-order valence-corrected chi connectivity index (χ3v) is 6.74. The number of anilines is 1. The summed E-state index contributed by atoms with van der Waals surface area (Å²) in [4.78, 5) is 10.1. The Labute approximate surface area is 218 Å². The zero-order chi connectivity index (χ0) is 28.0. The molecule has 0 bridgehead atoms. The van der Waals surface area contributed by atoms with Crippen molar-refractivity contribution in [2.75, 3.05) is 40.3 Å². The highest BCUT2D eigenvalue weighted by molar-refractivity contribution is 7.92. The van der Waals surface area contributed by atoms with Crippen LogP contribution in [-0.2, 0) is 10.0 Å². The minimum absolute atomic E-state index is 0.129. The van der Waals surface area contributed by atoms with Crippen LogP contribution in [0.1, 0.15) is 11.1 Å². The molecule has 0 saturated heterocycles.